The average molecular weight is 601 g/mol. The number of carbonyl (C=O) groups excluding carboxylic acids is 3. The minimum atomic E-state index is -1.62. The Morgan fingerprint density at radius 1 is 1.05 bits per heavy atom. The van der Waals surface area contributed by atoms with E-state index in [9.17, 15) is 24.6 Å². The number of aromatic amines is 1. The van der Waals surface area contributed by atoms with Crippen molar-refractivity contribution < 1.29 is 24.6 Å². The summed E-state index contributed by atoms with van der Waals surface area (Å²) in [6.07, 6.45) is -1.45. The van der Waals surface area contributed by atoms with Crippen LogP contribution in [0.1, 0.15) is 41.0 Å². The lowest BCUT2D eigenvalue weighted by molar-refractivity contribution is -0.147. The average Bonchev–Trinajstić information content (AvgIpc) is 3.56. The molecule has 1 aromatic heterocycles. The summed E-state index contributed by atoms with van der Waals surface area (Å²) in [7, 11) is 0. The fourth-order valence-electron chi connectivity index (χ4n) is 5.49. The normalized spacial score (nSPS) is 17.4. The van der Waals surface area contributed by atoms with Crippen molar-refractivity contribution in [1.82, 2.24) is 20.5 Å². The van der Waals surface area contributed by atoms with Gasteiger partial charge in [0.05, 0.1) is 18.5 Å². The highest BCUT2D eigenvalue weighted by molar-refractivity contribution is 8.00. The number of carbonyl (C=O) groups is 3. The summed E-state index contributed by atoms with van der Waals surface area (Å²) in [6.45, 7) is 5.68. The van der Waals surface area contributed by atoms with E-state index in [1.54, 1.807) is 19.1 Å². The number of aromatic nitrogens is 1. The number of H-pyrrole nitrogens is 1. The molecule has 43 heavy (non-hydrogen) atoms. The topological polar surface area (TPSA) is 135 Å². The highest BCUT2D eigenvalue weighted by Gasteiger charge is 2.49. The summed E-state index contributed by atoms with van der Waals surface area (Å²) in [5, 5.41) is 28.4. The molecule has 2 heterocycles. The Bertz CT molecular complexity index is 1600. The van der Waals surface area contributed by atoms with Gasteiger partial charge < -0.3 is 30.7 Å². The maximum absolute atomic E-state index is 13.9. The Morgan fingerprint density at radius 2 is 1.77 bits per heavy atom. The third-order valence-corrected chi connectivity index (χ3v) is 9.29. The van der Waals surface area contributed by atoms with Gasteiger partial charge in [-0.3, -0.25) is 14.4 Å². The molecule has 5 rings (SSSR count). The molecule has 3 aromatic carbocycles. The summed E-state index contributed by atoms with van der Waals surface area (Å²) < 4.78 is -0.614. The van der Waals surface area contributed by atoms with Gasteiger partial charge in [-0.1, -0.05) is 54.6 Å². The van der Waals surface area contributed by atoms with Gasteiger partial charge in [-0.05, 0) is 62.4 Å². The molecule has 1 unspecified atom stereocenters. The molecule has 0 radical (unpaired) electrons. The smallest absolute Gasteiger partial charge is 0.254 e. The monoisotopic (exact) mass is 600 g/mol. The number of nitrogens with one attached hydrogen (secondary N) is 3. The van der Waals surface area contributed by atoms with E-state index in [2.05, 4.69) is 15.6 Å². The molecule has 0 saturated carbocycles. The molecule has 0 spiro atoms. The zero-order valence-corrected chi connectivity index (χ0v) is 25.2. The number of aliphatic hydroxyl groups excluding tert-OH is 1. The number of phenols is 1. The molecule has 3 atom stereocenters. The number of amides is 3. The van der Waals surface area contributed by atoms with Crippen molar-refractivity contribution in [1.29, 1.82) is 0 Å². The van der Waals surface area contributed by atoms with Crippen molar-refractivity contribution in [2.24, 2.45) is 0 Å². The van der Waals surface area contributed by atoms with Crippen LogP contribution >= 0.6 is 11.8 Å². The van der Waals surface area contributed by atoms with Crippen LogP contribution in [0.4, 0.5) is 0 Å². The zero-order valence-electron chi connectivity index (χ0n) is 24.3. The van der Waals surface area contributed by atoms with Crippen LogP contribution in [0.5, 0.6) is 5.75 Å². The molecule has 1 saturated heterocycles. The van der Waals surface area contributed by atoms with Gasteiger partial charge in [0.15, 0.2) is 6.10 Å². The minimum absolute atomic E-state index is 0.0264. The van der Waals surface area contributed by atoms with E-state index in [-0.39, 0.29) is 36.1 Å². The quantitative estimate of drug-likeness (QED) is 0.198. The van der Waals surface area contributed by atoms with Gasteiger partial charge in [-0.15, -0.1) is 11.8 Å². The number of benzene rings is 3. The lowest BCUT2D eigenvalue weighted by Crippen LogP contribution is -2.58. The van der Waals surface area contributed by atoms with Crippen LogP contribution in [0.25, 0.3) is 10.9 Å². The molecular formula is C33H36N4O5S. The van der Waals surface area contributed by atoms with Gasteiger partial charge in [-0.2, -0.15) is 0 Å². The molecule has 0 bridgehead atoms. The second-order valence-corrected chi connectivity index (χ2v) is 13.0. The minimum Gasteiger partial charge on any atom is -0.508 e. The van der Waals surface area contributed by atoms with Gasteiger partial charge in [0.25, 0.3) is 11.8 Å². The van der Waals surface area contributed by atoms with E-state index in [1.165, 1.54) is 22.7 Å². The summed E-state index contributed by atoms with van der Waals surface area (Å²) in [5.74, 6) is -1.30. The highest BCUT2D eigenvalue weighted by atomic mass is 32.2. The van der Waals surface area contributed by atoms with Crippen molar-refractivity contribution in [2.75, 3.05) is 5.88 Å². The Kier molecular flexibility index (Phi) is 8.79. The molecule has 1 aliphatic rings. The maximum Gasteiger partial charge on any atom is 0.254 e. The molecule has 5 N–H and O–H groups in total. The molecule has 4 aromatic rings. The van der Waals surface area contributed by atoms with Gasteiger partial charge in [0.1, 0.15) is 11.8 Å². The first-order valence-electron chi connectivity index (χ1n) is 14.2. The molecule has 9 nitrogen and oxygen atoms in total. The van der Waals surface area contributed by atoms with Crippen molar-refractivity contribution in [2.45, 2.75) is 56.7 Å². The SMILES string of the molecule is Cc1c(O)cccc1C(=O)NC(Cc1ccccc1)[C@H](O)C(=O)N1CSC(C)(C)[C@H]1C(=O)NCc1cc2ccccc2[nH]1. The number of thioether (sulfide) groups is 1. The fraction of sp³-hybridized carbons (Fsp3) is 0.303. The van der Waals surface area contributed by atoms with Gasteiger partial charge in [-0.25, -0.2) is 0 Å². The van der Waals surface area contributed by atoms with Crippen LogP contribution in [0.2, 0.25) is 0 Å². The van der Waals surface area contributed by atoms with Crippen molar-refractivity contribution >= 4 is 40.4 Å². The van der Waals surface area contributed by atoms with Gasteiger partial charge in [0.2, 0.25) is 5.91 Å². The molecule has 1 fully saturated rings. The van der Waals surface area contributed by atoms with E-state index in [0.717, 1.165) is 22.2 Å². The first-order chi connectivity index (χ1) is 20.5. The molecule has 0 aliphatic carbocycles. The van der Waals surface area contributed by atoms with E-state index in [1.807, 2.05) is 74.5 Å². The highest BCUT2D eigenvalue weighted by Crippen LogP contribution is 2.40. The number of aliphatic hydroxyl groups is 1. The second-order valence-electron chi connectivity index (χ2n) is 11.4. The van der Waals surface area contributed by atoms with Crippen LogP contribution in [0.15, 0.2) is 78.9 Å². The standard InChI is InChI=1S/C33H36N4O5S/c1-20-24(13-9-15-27(20)38)30(40)36-26(16-21-10-5-4-6-11-21)28(39)32(42)37-19-43-33(2,3)29(37)31(41)34-18-23-17-22-12-7-8-14-25(22)35-23/h4-15,17,26,28-29,35,38-39H,16,18-19H2,1-3H3,(H,34,41)(H,36,40)/t26?,28-,29+/m0/s1. The van der Waals surface area contributed by atoms with Crippen molar-refractivity contribution in [3.63, 3.8) is 0 Å². The van der Waals surface area contributed by atoms with Gasteiger partial charge in [0, 0.05) is 27.1 Å². The number of rotatable bonds is 9. The number of nitrogens with zero attached hydrogens (tertiary/aromatic N) is 1. The Hall–Kier alpha value is -4.28. The predicted octanol–water partition coefficient (Wildman–Crippen LogP) is 3.88. The largest absolute Gasteiger partial charge is 0.508 e. The first-order valence-corrected chi connectivity index (χ1v) is 15.1. The number of fused-ring (bicyclic) bond motifs is 1. The fourth-order valence-corrected chi connectivity index (χ4v) is 6.63. The van der Waals surface area contributed by atoms with E-state index in [0.29, 0.717) is 5.56 Å². The number of aromatic hydroxyl groups is 1. The summed E-state index contributed by atoms with van der Waals surface area (Å²) in [4.78, 5) is 45.5. The van der Waals surface area contributed by atoms with E-state index >= 15 is 0 Å². The van der Waals surface area contributed by atoms with Crippen LogP contribution in [0, 0.1) is 6.92 Å². The summed E-state index contributed by atoms with van der Waals surface area (Å²) >= 11 is 1.46. The predicted molar refractivity (Wildman–Crippen MR) is 168 cm³/mol. The van der Waals surface area contributed by atoms with E-state index < -0.39 is 34.7 Å². The van der Waals surface area contributed by atoms with Gasteiger partial charge >= 0.3 is 0 Å². The van der Waals surface area contributed by atoms with Crippen LogP contribution in [-0.4, -0.2) is 66.6 Å². The molecule has 3 amide bonds. The molecule has 224 valence electrons. The molecule has 10 heteroatoms. The Morgan fingerprint density at radius 3 is 2.51 bits per heavy atom. The van der Waals surface area contributed by atoms with Crippen molar-refractivity contribution in [3.05, 3.63) is 101 Å². The van der Waals surface area contributed by atoms with Crippen LogP contribution in [-0.2, 0) is 22.6 Å². The Balaban J connectivity index is 1.35. The van der Waals surface area contributed by atoms with Crippen molar-refractivity contribution in [3.8, 4) is 5.75 Å². The van der Waals surface area contributed by atoms with E-state index in [4.69, 9.17) is 0 Å². The lowest BCUT2D eigenvalue weighted by Gasteiger charge is -2.33. The number of phenolic OH excluding ortho intramolecular Hbond substituents is 1. The number of hydrogen-bond donors (Lipinski definition) is 5. The number of para-hydroxylation sites is 1. The Labute approximate surface area is 254 Å². The molecule has 1 aliphatic heterocycles. The zero-order chi connectivity index (χ0) is 30.7. The number of hydrogen-bond acceptors (Lipinski definition) is 6. The second kappa shape index (κ2) is 12.5. The summed E-state index contributed by atoms with van der Waals surface area (Å²) in [5.41, 5.74) is 3.25. The molecular weight excluding hydrogens is 564 g/mol. The van der Waals surface area contributed by atoms with Crippen LogP contribution < -0.4 is 10.6 Å². The maximum atomic E-state index is 13.9. The summed E-state index contributed by atoms with van der Waals surface area (Å²) in [6, 6.07) is 21.9. The third kappa shape index (κ3) is 6.55. The van der Waals surface area contributed by atoms with Crippen LogP contribution in [0.3, 0.4) is 0 Å². The first kappa shape index (κ1) is 30.2. The third-order valence-electron chi connectivity index (χ3n) is 7.91. The lowest BCUT2D eigenvalue weighted by atomic mass is 9.96.